The first-order valence-corrected chi connectivity index (χ1v) is 10.2. The molecule has 7 nitrogen and oxygen atoms in total. The normalized spacial score (nSPS) is 15.3. The van der Waals surface area contributed by atoms with Gasteiger partial charge in [-0.15, -0.1) is 0 Å². The number of nitrogens with one attached hydrogen (secondary N) is 1. The number of hydrogen-bond acceptors (Lipinski definition) is 5. The van der Waals surface area contributed by atoms with E-state index in [1.54, 1.807) is 12.1 Å². The Morgan fingerprint density at radius 3 is 2.48 bits per heavy atom. The van der Waals surface area contributed by atoms with Crippen LogP contribution < -0.4 is 10.4 Å². The Balaban J connectivity index is 1.83. The van der Waals surface area contributed by atoms with Gasteiger partial charge in [-0.25, -0.2) is 8.42 Å². The highest BCUT2D eigenvalue weighted by molar-refractivity contribution is 7.89. The van der Waals surface area contributed by atoms with Gasteiger partial charge in [0.15, 0.2) is 0 Å². The number of carbonyl (C=O) groups excluding carboxylic acids is 1. The van der Waals surface area contributed by atoms with E-state index in [4.69, 9.17) is 16.3 Å². The molecule has 0 atom stereocenters. The quantitative estimate of drug-likeness (QED) is 0.765. The summed E-state index contributed by atoms with van der Waals surface area (Å²) in [6.07, 6.45) is 0. The fourth-order valence-corrected chi connectivity index (χ4v) is 4.34. The molecule has 2 aromatic rings. The van der Waals surface area contributed by atoms with Crippen LogP contribution in [0.4, 0.5) is 5.69 Å². The van der Waals surface area contributed by atoms with Gasteiger partial charge in [-0.2, -0.15) is 4.31 Å². The molecule has 1 fully saturated rings. The van der Waals surface area contributed by atoms with Crippen LogP contribution in [0, 0.1) is 0 Å². The average Bonchev–Trinajstić information content (AvgIpc) is 2.69. The molecule has 0 aromatic heterocycles. The van der Waals surface area contributed by atoms with Crippen molar-refractivity contribution in [2.75, 3.05) is 38.4 Å². The fourth-order valence-electron chi connectivity index (χ4n) is 2.70. The van der Waals surface area contributed by atoms with Crippen LogP contribution in [0.2, 0.25) is 5.02 Å². The summed E-state index contributed by atoms with van der Waals surface area (Å²) in [4.78, 5) is 12.7. The number of rotatable bonds is 5. The van der Waals surface area contributed by atoms with E-state index < -0.39 is 15.9 Å². The number of amides is 1. The molecule has 2 aromatic carbocycles. The number of carbonyl (C=O) groups is 1. The molecule has 144 valence electrons. The maximum atomic E-state index is 12.8. The summed E-state index contributed by atoms with van der Waals surface area (Å²) < 4.78 is 32.1. The van der Waals surface area contributed by atoms with Gasteiger partial charge in [0.25, 0.3) is 5.91 Å². The number of sulfonamides is 1. The van der Waals surface area contributed by atoms with Crippen molar-refractivity contribution in [3.8, 4) is 0 Å². The van der Waals surface area contributed by atoms with Crippen molar-refractivity contribution in [1.29, 1.82) is 0 Å². The lowest BCUT2D eigenvalue weighted by atomic mass is 10.2. The van der Waals surface area contributed by atoms with Crippen LogP contribution in [0.3, 0.4) is 0 Å². The summed E-state index contributed by atoms with van der Waals surface area (Å²) in [7, 11) is -2.02. The Bertz CT molecular complexity index is 915. The molecule has 0 spiro atoms. The van der Waals surface area contributed by atoms with Gasteiger partial charge in [0.1, 0.15) is 0 Å². The number of para-hydroxylation sites is 1. The van der Waals surface area contributed by atoms with E-state index in [2.05, 4.69) is 5.43 Å². The van der Waals surface area contributed by atoms with Gasteiger partial charge < -0.3 is 4.74 Å². The van der Waals surface area contributed by atoms with Gasteiger partial charge in [0.05, 0.1) is 34.4 Å². The molecule has 0 bridgehead atoms. The first-order chi connectivity index (χ1) is 12.9. The smallest absolute Gasteiger partial charge is 0.271 e. The van der Waals surface area contributed by atoms with Gasteiger partial charge in [0.2, 0.25) is 10.0 Å². The second kappa shape index (κ2) is 8.26. The van der Waals surface area contributed by atoms with Gasteiger partial charge in [-0.1, -0.05) is 29.8 Å². The van der Waals surface area contributed by atoms with E-state index in [0.717, 1.165) is 5.69 Å². The van der Waals surface area contributed by atoms with Gasteiger partial charge in [0, 0.05) is 20.1 Å². The predicted octanol–water partition coefficient (Wildman–Crippen LogP) is 2.14. The molecule has 3 rings (SSSR count). The Labute approximate surface area is 163 Å². The van der Waals surface area contributed by atoms with Crippen molar-refractivity contribution in [2.24, 2.45) is 0 Å². The zero-order valence-electron chi connectivity index (χ0n) is 14.8. The van der Waals surface area contributed by atoms with Crippen molar-refractivity contribution < 1.29 is 17.9 Å². The Morgan fingerprint density at radius 2 is 1.81 bits per heavy atom. The number of anilines is 1. The molecule has 0 radical (unpaired) electrons. The van der Waals surface area contributed by atoms with Crippen molar-refractivity contribution in [3.05, 3.63) is 59.1 Å². The van der Waals surface area contributed by atoms with Crippen LogP contribution in [0.25, 0.3) is 0 Å². The highest BCUT2D eigenvalue weighted by Gasteiger charge is 2.27. The Hall–Kier alpha value is -2.13. The molecular weight excluding hydrogens is 390 g/mol. The van der Waals surface area contributed by atoms with Crippen molar-refractivity contribution in [1.82, 2.24) is 9.73 Å². The number of nitrogens with zero attached hydrogens (tertiary/aromatic N) is 2. The number of ether oxygens (including phenoxy) is 1. The van der Waals surface area contributed by atoms with Crippen LogP contribution in [-0.2, 0) is 14.8 Å². The largest absolute Gasteiger partial charge is 0.379 e. The third-order valence-electron chi connectivity index (χ3n) is 4.20. The van der Waals surface area contributed by atoms with E-state index in [1.807, 2.05) is 30.3 Å². The monoisotopic (exact) mass is 409 g/mol. The van der Waals surface area contributed by atoms with Crippen molar-refractivity contribution >= 4 is 33.2 Å². The maximum absolute atomic E-state index is 12.8. The van der Waals surface area contributed by atoms with Crippen LogP contribution in [0.1, 0.15) is 10.4 Å². The molecule has 1 aliphatic heterocycles. The summed E-state index contributed by atoms with van der Waals surface area (Å²) in [5.74, 6) is -0.495. The minimum absolute atomic E-state index is 0.0290. The molecule has 0 saturated carbocycles. The molecule has 1 heterocycles. The molecular formula is C18H20ClN3O4S. The minimum atomic E-state index is -3.71. The molecule has 1 saturated heterocycles. The van der Waals surface area contributed by atoms with Crippen LogP contribution >= 0.6 is 11.6 Å². The first-order valence-electron chi connectivity index (χ1n) is 8.37. The molecule has 1 N–H and O–H groups in total. The van der Waals surface area contributed by atoms with Crippen molar-refractivity contribution in [3.63, 3.8) is 0 Å². The average molecular weight is 410 g/mol. The lowest BCUT2D eigenvalue weighted by Crippen LogP contribution is -2.41. The minimum Gasteiger partial charge on any atom is -0.379 e. The number of hydrogen-bond donors (Lipinski definition) is 1. The zero-order chi connectivity index (χ0) is 19.4. The third-order valence-corrected chi connectivity index (χ3v) is 6.43. The third kappa shape index (κ3) is 4.41. The lowest BCUT2D eigenvalue weighted by molar-refractivity contribution is 0.0730. The SMILES string of the molecule is CN(NC(=O)c1cc(S(=O)(=O)N2CCOCC2)ccc1Cl)c1ccccc1. The van der Waals surface area contributed by atoms with Crippen LogP contribution in [-0.4, -0.2) is 52.0 Å². The standard InChI is InChI=1S/C18H20ClN3O4S/c1-21(14-5-3-2-4-6-14)20-18(23)16-13-15(7-8-17(16)19)27(24,25)22-9-11-26-12-10-22/h2-8,13H,9-12H2,1H3,(H,20,23). The Kier molecular flexibility index (Phi) is 6.01. The topological polar surface area (TPSA) is 79.0 Å². The predicted molar refractivity (Wildman–Crippen MR) is 103 cm³/mol. The van der Waals surface area contributed by atoms with Gasteiger partial charge >= 0.3 is 0 Å². The number of morpholine rings is 1. The van der Waals surface area contributed by atoms with E-state index in [0.29, 0.717) is 13.2 Å². The first kappa shape index (κ1) is 19.6. The number of halogens is 1. The van der Waals surface area contributed by atoms with Gasteiger partial charge in [-0.05, 0) is 30.3 Å². The molecule has 9 heteroatoms. The fraction of sp³-hybridized carbons (Fsp3) is 0.278. The van der Waals surface area contributed by atoms with E-state index in [-0.39, 0.29) is 28.6 Å². The van der Waals surface area contributed by atoms with E-state index in [1.165, 1.54) is 22.5 Å². The van der Waals surface area contributed by atoms with Crippen LogP contribution in [0.15, 0.2) is 53.4 Å². The summed E-state index contributed by atoms with van der Waals surface area (Å²) in [6.45, 7) is 1.26. The molecule has 1 amide bonds. The summed E-state index contributed by atoms with van der Waals surface area (Å²) in [6, 6.07) is 13.4. The molecule has 1 aliphatic rings. The summed E-state index contributed by atoms with van der Waals surface area (Å²) >= 11 is 6.15. The molecule has 0 unspecified atom stereocenters. The second-order valence-corrected chi connectivity index (χ2v) is 8.34. The molecule has 0 aliphatic carbocycles. The molecule has 27 heavy (non-hydrogen) atoms. The second-order valence-electron chi connectivity index (χ2n) is 5.99. The highest BCUT2D eigenvalue weighted by Crippen LogP contribution is 2.24. The zero-order valence-corrected chi connectivity index (χ0v) is 16.3. The Morgan fingerprint density at radius 1 is 1.15 bits per heavy atom. The number of benzene rings is 2. The van der Waals surface area contributed by atoms with Gasteiger partial charge in [-0.3, -0.25) is 15.2 Å². The van der Waals surface area contributed by atoms with E-state index >= 15 is 0 Å². The highest BCUT2D eigenvalue weighted by atomic mass is 35.5. The maximum Gasteiger partial charge on any atom is 0.271 e. The summed E-state index contributed by atoms with van der Waals surface area (Å²) in [5, 5.41) is 1.72. The van der Waals surface area contributed by atoms with Crippen LogP contribution in [0.5, 0.6) is 0 Å². The van der Waals surface area contributed by atoms with Crippen molar-refractivity contribution in [2.45, 2.75) is 4.90 Å². The summed E-state index contributed by atoms with van der Waals surface area (Å²) in [5.41, 5.74) is 3.56. The van der Waals surface area contributed by atoms with E-state index in [9.17, 15) is 13.2 Å². The lowest BCUT2D eigenvalue weighted by Gasteiger charge is -2.26. The number of hydrazine groups is 1.